The van der Waals surface area contributed by atoms with Gasteiger partial charge in [-0.05, 0) is 42.7 Å². The Morgan fingerprint density at radius 3 is 2.77 bits per heavy atom. The second kappa shape index (κ2) is 8.29. The predicted molar refractivity (Wildman–Crippen MR) is 116 cm³/mol. The van der Waals surface area contributed by atoms with Gasteiger partial charge >= 0.3 is 0 Å². The first-order chi connectivity index (χ1) is 14.4. The van der Waals surface area contributed by atoms with Crippen LogP contribution < -0.4 is 10.5 Å². The fourth-order valence-corrected chi connectivity index (χ4v) is 4.89. The van der Waals surface area contributed by atoms with Gasteiger partial charge in [0, 0.05) is 24.6 Å². The largest absolute Gasteiger partial charge is 0.327 e. The number of aryl methyl sites for hydroxylation is 1. The molecule has 158 valence electrons. The highest BCUT2D eigenvalue weighted by Gasteiger charge is 2.28. The second-order valence-electron chi connectivity index (χ2n) is 7.45. The van der Waals surface area contributed by atoms with Gasteiger partial charge in [-0.2, -0.15) is 0 Å². The number of nitrogens with zero attached hydrogens (tertiary/aromatic N) is 2. The monoisotopic (exact) mass is 428 g/mol. The number of aromatic nitrogens is 2. The SMILES string of the molecule is CCc1nc2c(-c3cccc(S(=O)(=O)NC4CC4)c3)cccc2n1CC(F)=CCN. The summed E-state index contributed by atoms with van der Waals surface area (Å²) in [5.74, 6) is 0.452. The maximum Gasteiger partial charge on any atom is 0.240 e. The van der Waals surface area contributed by atoms with E-state index in [0.29, 0.717) is 6.42 Å². The van der Waals surface area contributed by atoms with E-state index in [2.05, 4.69) is 4.72 Å². The van der Waals surface area contributed by atoms with Crippen LogP contribution in [0, 0.1) is 0 Å². The number of para-hydroxylation sites is 1. The van der Waals surface area contributed by atoms with E-state index in [4.69, 9.17) is 10.7 Å². The number of nitrogens with two attached hydrogens (primary N) is 1. The van der Waals surface area contributed by atoms with Crippen molar-refractivity contribution in [1.82, 2.24) is 14.3 Å². The first-order valence-corrected chi connectivity index (χ1v) is 11.6. The molecule has 3 aromatic rings. The molecule has 0 amide bonds. The van der Waals surface area contributed by atoms with E-state index < -0.39 is 10.0 Å². The fourth-order valence-electron chi connectivity index (χ4n) is 3.54. The van der Waals surface area contributed by atoms with Gasteiger partial charge in [0.1, 0.15) is 11.7 Å². The molecule has 1 aromatic heterocycles. The standard InChI is InChI=1S/C22H25FN4O2S/c1-2-21-25-22-19(7-4-8-20(22)27(21)14-16(23)11-12-24)15-5-3-6-18(13-15)30(28,29)26-17-9-10-17/h3-8,11,13,17,26H,2,9-10,12,14,24H2,1H3. The molecule has 4 rings (SSSR count). The van der Waals surface area contributed by atoms with Crippen LogP contribution in [-0.4, -0.2) is 30.6 Å². The number of allylic oxidation sites excluding steroid dienone is 1. The van der Waals surface area contributed by atoms with Crippen LogP contribution in [0.25, 0.3) is 22.2 Å². The fraction of sp³-hybridized carbons (Fsp3) is 0.318. The Balaban J connectivity index is 1.79. The van der Waals surface area contributed by atoms with Crippen molar-refractivity contribution in [2.75, 3.05) is 6.54 Å². The van der Waals surface area contributed by atoms with Crippen LogP contribution in [0.4, 0.5) is 4.39 Å². The van der Waals surface area contributed by atoms with Gasteiger partial charge < -0.3 is 10.3 Å². The minimum atomic E-state index is -3.56. The van der Waals surface area contributed by atoms with Crippen molar-refractivity contribution in [3.63, 3.8) is 0 Å². The number of halogens is 1. The summed E-state index contributed by atoms with van der Waals surface area (Å²) < 4.78 is 44.0. The van der Waals surface area contributed by atoms with Gasteiger partial charge in [0.05, 0.1) is 22.5 Å². The molecule has 8 heteroatoms. The Morgan fingerprint density at radius 2 is 2.07 bits per heavy atom. The Bertz CT molecular complexity index is 1210. The molecular formula is C22H25FN4O2S. The molecule has 0 aliphatic heterocycles. The summed E-state index contributed by atoms with van der Waals surface area (Å²) in [6.45, 7) is 2.18. The summed E-state index contributed by atoms with van der Waals surface area (Å²) in [5, 5.41) is 0. The highest BCUT2D eigenvalue weighted by atomic mass is 32.2. The quantitative estimate of drug-likeness (QED) is 0.574. The molecule has 0 unspecified atom stereocenters. The summed E-state index contributed by atoms with van der Waals surface area (Å²) in [6.07, 6.45) is 3.76. The summed E-state index contributed by atoms with van der Waals surface area (Å²) in [5.41, 5.74) is 8.52. The Labute approximate surface area is 175 Å². The number of sulfonamides is 1. The van der Waals surface area contributed by atoms with Crippen molar-refractivity contribution in [3.8, 4) is 11.1 Å². The van der Waals surface area contributed by atoms with Crippen LogP contribution in [0.3, 0.4) is 0 Å². The van der Waals surface area contributed by atoms with Gasteiger partial charge in [-0.3, -0.25) is 0 Å². The number of imidazole rings is 1. The Kier molecular flexibility index (Phi) is 5.73. The summed E-state index contributed by atoms with van der Waals surface area (Å²) in [7, 11) is -3.56. The molecule has 6 nitrogen and oxygen atoms in total. The van der Waals surface area contributed by atoms with Crippen molar-refractivity contribution >= 4 is 21.1 Å². The molecule has 0 bridgehead atoms. The smallest absolute Gasteiger partial charge is 0.240 e. The maximum absolute atomic E-state index is 14.2. The highest BCUT2D eigenvalue weighted by molar-refractivity contribution is 7.89. The van der Waals surface area contributed by atoms with E-state index in [1.165, 1.54) is 6.08 Å². The normalized spacial score (nSPS) is 15.1. The number of benzene rings is 2. The zero-order chi connectivity index (χ0) is 21.3. The van der Waals surface area contributed by atoms with Gasteiger partial charge in [0.15, 0.2) is 0 Å². The Hall–Kier alpha value is -2.55. The average Bonchev–Trinajstić information content (AvgIpc) is 3.47. The van der Waals surface area contributed by atoms with E-state index >= 15 is 0 Å². The van der Waals surface area contributed by atoms with E-state index in [1.807, 2.05) is 35.8 Å². The first kappa shape index (κ1) is 20.7. The van der Waals surface area contributed by atoms with Gasteiger partial charge in [0.25, 0.3) is 0 Å². The molecule has 1 saturated carbocycles. The second-order valence-corrected chi connectivity index (χ2v) is 9.17. The summed E-state index contributed by atoms with van der Waals surface area (Å²) in [4.78, 5) is 4.98. The molecule has 2 aromatic carbocycles. The molecule has 1 heterocycles. The third-order valence-corrected chi connectivity index (χ3v) is 6.70. The third kappa shape index (κ3) is 4.16. The average molecular weight is 429 g/mol. The third-order valence-electron chi connectivity index (χ3n) is 5.18. The minimum absolute atomic E-state index is 0.0429. The van der Waals surface area contributed by atoms with Crippen LogP contribution in [0.15, 0.2) is 59.3 Å². The van der Waals surface area contributed by atoms with Crippen molar-refractivity contribution in [2.24, 2.45) is 5.73 Å². The van der Waals surface area contributed by atoms with E-state index in [1.54, 1.807) is 18.2 Å². The van der Waals surface area contributed by atoms with Crippen LogP contribution in [0.1, 0.15) is 25.6 Å². The zero-order valence-electron chi connectivity index (χ0n) is 16.8. The van der Waals surface area contributed by atoms with E-state index in [9.17, 15) is 12.8 Å². The minimum Gasteiger partial charge on any atom is -0.327 e. The van der Waals surface area contributed by atoms with Crippen LogP contribution >= 0.6 is 0 Å². The maximum atomic E-state index is 14.2. The summed E-state index contributed by atoms with van der Waals surface area (Å²) in [6, 6.07) is 12.6. The first-order valence-electron chi connectivity index (χ1n) is 10.1. The molecule has 1 aliphatic rings. The molecule has 1 fully saturated rings. The van der Waals surface area contributed by atoms with Crippen molar-refractivity contribution < 1.29 is 12.8 Å². The molecule has 0 saturated heterocycles. The molecule has 0 atom stereocenters. The topological polar surface area (TPSA) is 90.0 Å². The Morgan fingerprint density at radius 1 is 1.30 bits per heavy atom. The zero-order valence-corrected chi connectivity index (χ0v) is 17.6. The number of hydrogen-bond donors (Lipinski definition) is 2. The van der Waals surface area contributed by atoms with Crippen LogP contribution in [0.5, 0.6) is 0 Å². The van der Waals surface area contributed by atoms with Crippen molar-refractivity contribution in [1.29, 1.82) is 0 Å². The van der Waals surface area contributed by atoms with Gasteiger partial charge in [-0.25, -0.2) is 22.5 Å². The number of hydrogen-bond acceptors (Lipinski definition) is 4. The van der Waals surface area contributed by atoms with Gasteiger partial charge in [0.2, 0.25) is 10.0 Å². The van der Waals surface area contributed by atoms with E-state index in [-0.39, 0.29) is 29.9 Å². The molecule has 3 N–H and O–H groups in total. The molecule has 0 radical (unpaired) electrons. The summed E-state index contributed by atoms with van der Waals surface area (Å²) >= 11 is 0. The van der Waals surface area contributed by atoms with Crippen molar-refractivity contribution in [2.45, 2.75) is 43.7 Å². The lowest BCUT2D eigenvalue weighted by Gasteiger charge is -2.09. The molecular weight excluding hydrogens is 403 g/mol. The molecule has 1 aliphatic carbocycles. The van der Waals surface area contributed by atoms with E-state index in [0.717, 1.165) is 40.8 Å². The molecule has 30 heavy (non-hydrogen) atoms. The number of rotatable bonds is 8. The lowest BCUT2D eigenvalue weighted by Crippen LogP contribution is -2.25. The number of nitrogens with one attached hydrogen (secondary N) is 1. The lowest BCUT2D eigenvalue weighted by molar-refractivity contribution is 0.549. The van der Waals surface area contributed by atoms with Crippen LogP contribution in [-0.2, 0) is 23.0 Å². The number of fused-ring (bicyclic) bond motifs is 1. The van der Waals surface area contributed by atoms with Gasteiger partial charge in [-0.15, -0.1) is 0 Å². The van der Waals surface area contributed by atoms with Crippen molar-refractivity contribution in [3.05, 3.63) is 60.2 Å². The van der Waals surface area contributed by atoms with Crippen LogP contribution in [0.2, 0.25) is 0 Å². The predicted octanol–water partition coefficient (Wildman–Crippen LogP) is 3.52. The van der Waals surface area contributed by atoms with Gasteiger partial charge in [-0.1, -0.05) is 31.2 Å². The highest BCUT2D eigenvalue weighted by Crippen LogP contribution is 2.31. The lowest BCUT2D eigenvalue weighted by atomic mass is 10.0. The molecule has 0 spiro atoms.